The Hall–Kier alpha value is -1.35. The quantitative estimate of drug-likeness (QED) is 0.795. The van der Waals surface area contributed by atoms with Crippen molar-refractivity contribution >= 4 is 5.91 Å². The second kappa shape index (κ2) is 6.71. The van der Waals surface area contributed by atoms with Crippen molar-refractivity contribution in [2.24, 2.45) is 11.7 Å². The van der Waals surface area contributed by atoms with E-state index in [-0.39, 0.29) is 5.92 Å². The van der Waals surface area contributed by atoms with Crippen LogP contribution in [0, 0.1) is 5.92 Å². The molecule has 0 bridgehead atoms. The van der Waals surface area contributed by atoms with Gasteiger partial charge in [0.05, 0.1) is 0 Å². The molecule has 1 aromatic carbocycles. The number of unbranched alkanes of at least 4 members (excludes halogenated alkanes) is 2. The van der Waals surface area contributed by atoms with Crippen molar-refractivity contribution < 1.29 is 4.79 Å². The van der Waals surface area contributed by atoms with Gasteiger partial charge in [0, 0.05) is 19.5 Å². The van der Waals surface area contributed by atoms with Crippen LogP contribution in [-0.4, -0.2) is 30.9 Å². The number of hydrogen-bond acceptors (Lipinski definition) is 2. The Morgan fingerprint density at radius 1 is 1.21 bits per heavy atom. The summed E-state index contributed by atoms with van der Waals surface area (Å²) >= 11 is 0. The van der Waals surface area contributed by atoms with E-state index in [1.165, 1.54) is 11.1 Å². The Labute approximate surface area is 115 Å². The predicted molar refractivity (Wildman–Crippen MR) is 77.9 cm³/mol. The maximum Gasteiger partial charge on any atom is 0.226 e. The predicted octanol–water partition coefficient (Wildman–Crippen LogP) is 1.99. The number of carbonyl (C=O) groups is 1. The van der Waals surface area contributed by atoms with Crippen molar-refractivity contribution in [3.8, 4) is 0 Å². The van der Waals surface area contributed by atoms with E-state index in [1.807, 2.05) is 11.9 Å². The minimum Gasteiger partial charge on any atom is -0.346 e. The number of hydrogen-bond donors (Lipinski definition) is 1. The van der Waals surface area contributed by atoms with Crippen LogP contribution in [0.4, 0.5) is 0 Å². The van der Waals surface area contributed by atoms with E-state index in [0.717, 1.165) is 45.2 Å². The zero-order valence-corrected chi connectivity index (χ0v) is 11.8. The maximum atomic E-state index is 12.4. The zero-order chi connectivity index (χ0) is 13.7. The molecule has 1 aliphatic carbocycles. The highest BCUT2D eigenvalue weighted by atomic mass is 16.2. The normalized spacial score (nSPS) is 14.4. The van der Waals surface area contributed by atoms with Crippen LogP contribution in [-0.2, 0) is 17.6 Å². The summed E-state index contributed by atoms with van der Waals surface area (Å²) in [5.41, 5.74) is 8.16. The van der Waals surface area contributed by atoms with Crippen LogP contribution in [0.1, 0.15) is 30.4 Å². The van der Waals surface area contributed by atoms with E-state index < -0.39 is 0 Å². The topological polar surface area (TPSA) is 46.3 Å². The lowest BCUT2D eigenvalue weighted by Gasteiger charge is -2.20. The molecular formula is C16H24N2O. The summed E-state index contributed by atoms with van der Waals surface area (Å²) in [5, 5.41) is 0. The molecule has 2 N–H and O–H groups in total. The lowest BCUT2D eigenvalue weighted by Crippen LogP contribution is -2.34. The molecule has 0 aliphatic heterocycles. The molecule has 0 saturated carbocycles. The first-order valence-electron chi connectivity index (χ1n) is 7.24. The molecule has 0 aromatic heterocycles. The molecule has 3 nitrogen and oxygen atoms in total. The average Bonchev–Trinajstić information content (AvgIpc) is 2.86. The summed E-state index contributed by atoms with van der Waals surface area (Å²) < 4.78 is 0. The Balaban J connectivity index is 1.81. The molecule has 0 saturated heterocycles. The molecule has 0 heterocycles. The highest BCUT2D eigenvalue weighted by molar-refractivity contribution is 5.80. The average molecular weight is 260 g/mol. The molecule has 1 aliphatic rings. The number of nitrogens with zero attached hydrogens (tertiary/aromatic N) is 1. The zero-order valence-electron chi connectivity index (χ0n) is 11.8. The van der Waals surface area contributed by atoms with Crippen LogP contribution in [0.3, 0.4) is 0 Å². The van der Waals surface area contributed by atoms with Gasteiger partial charge in [-0.25, -0.2) is 0 Å². The standard InChI is InChI=1S/C16H24N2O/c1-18(10-6-2-5-9-17)16(19)15-11-13-7-3-4-8-14(13)12-15/h3-4,7-8,15H,2,5-6,9-12,17H2,1H3. The fourth-order valence-corrected chi connectivity index (χ4v) is 2.83. The van der Waals surface area contributed by atoms with Gasteiger partial charge in [0.2, 0.25) is 5.91 Å². The van der Waals surface area contributed by atoms with Gasteiger partial charge in [-0.3, -0.25) is 4.79 Å². The highest BCUT2D eigenvalue weighted by Crippen LogP contribution is 2.27. The first kappa shape index (κ1) is 14.1. The van der Waals surface area contributed by atoms with Crippen molar-refractivity contribution in [2.45, 2.75) is 32.1 Å². The van der Waals surface area contributed by atoms with Gasteiger partial charge in [0.15, 0.2) is 0 Å². The Morgan fingerprint density at radius 2 is 1.84 bits per heavy atom. The minimum absolute atomic E-state index is 0.150. The summed E-state index contributed by atoms with van der Waals surface area (Å²) in [7, 11) is 1.92. The van der Waals surface area contributed by atoms with Crippen LogP contribution in [0.25, 0.3) is 0 Å². The number of carbonyl (C=O) groups excluding carboxylic acids is 1. The smallest absolute Gasteiger partial charge is 0.226 e. The van der Waals surface area contributed by atoms with Gasteiger partial charge in [-0.05, 0) is 43.4 Å². The third-order valence-electron chi connectivity index (χ3n) is 3.97. The number of amides is 1. The largest absolute Gasteiger partial charge is 0.346 e. The summed E-state index contributed by atoms with van der Waals surface area (Å²) in [5.74, 6) is 0.445. The van der Waals surface area contributed by atoms with Crippen molar-refractivity contribution in [2.75, 3.05) is 20.1 Å². The maximum absolute atomic E-state index is 12.4. The van der Waals surface area contributed by atoms with Gasteiger partial charge in [0.1, 0.15) is 0 Å². The van der Waals surface area contributed by atoms with E-state index in [4.69, 9.17) is 5.73 Å². The Bertz CT molecular complexity index is 406. The van der Waals surface area contributed by atoms with Crippen molar-refractivity contribution in [3.63, 3.8) is 0 Å². The summed E-state index contributed by atoms with van der Waals surface area (Å²) in [6.07, 6.45) is 5.03. The molecule has 19 heavy (non-hydrogen) atoms. The number of rotatable bonds is 6. The number of fused-ring (bicyclic) bond motifs is 1. The first-order chi connectivity index (χ1) is 9.22. The van der Waals surface area contributed by atoms with Crippen molar-refractivity contribution in [3.05, 3.63) is 35.4 Å². The molecule has 0 unspecified atom stereocenters. The lowest BCUT2D eigenvalue weighted by molar-refractivity contribution is -0.133. The minimum atomic E-state index is 0.150. The molecule has 104 valence electrons. The van der Waals surface area contributed by atoms with Gasteiger partial charge < -0.3 is 10.6 Å². The van der Waals surface area contributed by atoms with E-state index in [2.05, 4.69) is 24.3 Å². The third-order valence-corrected chi connectivity index (χ3v) is 3.97. The Kier molecular flexibility index (Phi) is 4.97. The highest BCUT2D eigenvalue weighted by Gasteiger charge is 2.28. The van der Waals surface area contributed by atoms with E-state index >= 15 is 0 Å². The molecule has 0 atom stereocenters. The van der Waals surface area contributed by atoms with E-state index in [9.17, 15) is 4.79 Å². The van der Waals surface area contributed by atoms with Gasteiger partial charge in [-0.1, -0.05) is 30.7 Å². The molecule has 1 aromatic rings. The fourth-order valence-electron chi connectivity index (χ4n) is 2.83. The van der Waals surface area contributed by atoms with Crippen molar-refractivity contribution in [1.29, 1.82) is 0 Å². The molecular weight excluding hydrogens is 236 g/mol. The fraction of sp³-hybridized carbons (Fsp3) is 0.562. The van der Waals surface area contributed by atoms with Gasteiger partial charge in [-0.15, -0.1) is 0 Å². The summed E-state index contributed by atoms with van der Waals surface area (Å²) in [6, 6.07) is 8.40. The summed E-state index contributed by atoms with van der Waals surface area (Å²) in [6.45, 7) is 1.60. The second-order valence-electron chi connectivity index (χ2n) is 5.48. The van der Waals surface area contributed by atoms with Crippen molar-refractivity contribution in [1.82, 2.24) is 4.90 Å². The molecule has 0 radical (unpaired) electrons. The van der Waals surface area contributed by atoms with Crippen LogP contribution in [0.5, 0.6) is 0 Å². The van der Waals surface area contributed by atoms with Gasteiger partial charge in [-0.2, -0.15) is 0 Å². The number of nitrogens with two attached hydrogens (primary N) is 1. The van der Waals surface area contributed by atoms with Crippen LogP contribution in [0.2, 0.25) is 0 Å². The molecule has 0 fully saturated rings. The Morgan fingerprint density at radius 3 is 2.42 bits per heavy atom. The SMILES string of the molecule is CN(CCCCCN)C(=O)C1Cc2ccccc2C1. The van der Waals surface area contributed by atoms with E-state index in [0.29, 0.717) is 5.91 Å². The molecule has 0 spiro atoms. The van der Waals surface area contributed by atoms with Gasteiger partial charge >= 0.3 is 0 Å². The monoisotopic (exact) mass is 260 g/mol. The molecule has 3 heteroatoms. The second-order valence-corrected chi connectivity index (χ2v) is 5.48. The van der Waals surface area contributed by atoms with E-state index in [1.54, 1.807) is 0 Å². The first-order valence-corrected chi connectivity index (χ1v) is 7.24. The third kappa shape index (κ3) is 3.57. The lowest BCUT2D eigenvalue weighted by atomic mass is 10.0. The van der Waals surface area contributed by atoms with Crippen LogP contribution >= 0.6 is 0 Å². The number of benzene rings is 1. The molecule has 1 amide bonds. The van der Waals surface area contributed by atoms with Gasteiger partial charge in [0.25, 0.3) is 0 Å². The van der Waals surface area contributed by atoms with Crippen LogP contribution in [0.15, 0.2) is 24.3 Å². The van der Waals surface area contributed by atoms with Crippen LogP contribution < -0.4 is 5.73 Å². The summed E-state index contributed by atoms with van der Waals surface area (Å²) in [4.78, 5) is 14.3. The molecule has 2 rings (SSSR count).